The fourth-order valence-electron chi connectivity index (χ4n) is 4.06. The first kappa shape index (κ1) is 24.4. The van der Waals surface area contributed by atoms with Crippen molar-refractivity contribution in [1.82, 2.24) is 9.80 Å². The van der Waals surface area contributed by atoms with Crippen LogP contribution in [0.3, 0.4) is 0 Å². The molecule has 1 aromatic heterocycles. The largest absolute Gasteiger partial charge is 0.438 e. The second kappa shape index (κ2) is 10.7. The van der Waals surface area contributed by atoms with Crippen molar-refractivity contribution in [3.63, 3.8) is 0 Å². The third-order valence-corrected chi connectivity index (χ3v) is 6.79. The summed E-state index contributed by atoms with van der Waals surface area (Å²) in [5.74, 6) is -0.805. The number of anilines is 1. The summed E-state index contributed by atoms with van der Waals surface area (Å²) in [7, 11) is 0. The summed E-state index contributed by atoms with van der Waals surface area (Å²) < 4.78 is 19.1. The van der Waals surface area contributed by atoms with E-state index in [0.717, 1.165) is 0 Å². The van der Waals surface area contributed by atoms with Gasteiger partial charge in [-0.1, -0.05) is 30.3 Å². The topological polar surface area (TPSA) is 79.0 Å². The number of hydrogen-bond acceptors (Lipinski definition) is 5. The third-order valence-electron chi connectivity index (χ3n) is 5.92. The molecule has 3 amide bonds. The van der Waals surface area contributed by atoms with Gasteiger partial charge in [-0.15, -0.1) is 11.3 Å². The van der Waals surface area contributed by atoms with Crippen molar-refractivity contribution in [3.05, 3.63) is 87.9 Å². The first-order valence-corrected chi connectivity index (χ1v) is 12.2. The Kier molecular flexibility index (Phi) is 7.45. The van der Waals surface area contributed by atoms with Crippen LogP contribution in [0, 0.1) is 5.82 Å². The van der Waals surface area contributed by atoms with E-state index in [9.17, 15) is 18.8 Å². The molecular weight excluding hydrogens is 469 g/mol. The summed E-state index contributed by atoms with van der Waals surface area (Å²) in [6.07, 6.45) is -1.43. The molecule has 2 unspecified atom stereocenters. The van der Waals surface area contributed by atoms with Crippen molar-refractivity contribution in [2.45, 2.75) is 32.5 Å². The molecule has 0 bridgehead atoms. The Bertz CT molecular complexity index is 1180. The molecule has 0 aliphatic carbocycles. The van der Waals surface area contributed by atoms with Gasteiger partial charge in [-0.05, 0) is 60.7 Å². The molecule has 2 atom stereocenters. The van der Waals surface area contributed by atoms with Gasteiger partial charge in [-0.2, -0.15) is 0 Å². The van der Waals surface area contributed by atoms with E-state index >= 15 is 0 Å². The number of hydrogen-bond donors (Lipinski definition) is 1. The van der Waals surface area contributed by atoms with Crippen molar-refractivity contribution in [2.75, 3.05) is 18.4 Å². The normalized spacial score (nSPS) is 17.2. The average molecular weight is 496 g/mol. The highest BCUT2D eigenvalue weighted by atomic mass is 32.1. The average Bonchev–Trinajstić information content (AvgIpc) is 3.51. The zero-order chi connectivity index (χ0) is 24.9. The predicted molar refractivity (Wildman–Crippen MR) is 132 cm³/mol. The van der Waals surface area contributed by atoms with Gasteiger partial charge in [0.1, 0.15) is 5.82 Å². The Morgan fingerprint density at radius 1 is 1.06 bits per heavy atom. The summed E-state index contributed by atoms with van der Waals surface area (Å²) in [5, 5.41) is 4.67. The second-order valence-electron chi connectivity index (χ2n) is 8.07. The third kappa shape index (κ3) is 5.35. The van der Waals surface area contributed by atoms with Crippen molar-refractivity contribution < 1.29 is 23.5 Å². The van der Waals surface area contributed by atoms with E-state index in [0.29, 0.717) is 34.8 Å². The first-order valence-electron chi connectivity index (χ1n) is 11.4. The van der Waals surface area contributed by atoms with Crippen LogP contribution in [0.25, 0.3) is 0 Å². The molecule has 0 radical (unpaired) electrons. The Balaban J connectivity index is 1.59. The Morgan fingerprint density at radius 2 is 1.74 bits per heavy atom. The zero-order valence-corrected chi connectivity index (χ0v) is 20.3. The number of nitrogens with zero attached hydrogens (tertiary/aromatic N) is 2. The van der Waals surface area contributed by atoms with Crippen LogP contribution in [0.4, 0.5) is 14.9 Å². The highest BCUT2D eigenvalue weighted by molar-refractivity contribution is 7.12. The molecule has 182 valence electrons. The minimum atomic E-state index is -0.876. The van der Waals surface area contributed by atoms with Crippen molar-refractivity contribution in [1.29, 1.82) is 0 Å². The maximum atomic E-state index is 13.5. The van der Waals surface area contributed by atoms with Gasteiger partial charge in [-0.25, -0.2) is 9.18 Å². The lowest BCUT2D eigenvalue weighted by Crippen LogP contribution is -2.48. The van der Waals surface area contributed by atoms with Crippen LogP contribution in [0.1, 0.15) is 40.8 Å². The fraction of sp³-hybridized carbons (Fsp3) is 0.269. The molecule has 2 aromatic carbocycles. The number of benzene rings is 2. The summed E-state index contributed by atoms with van der Waals surface area (Å²) in [6.45, 7) is 4.85. The first-order chi connectivity index (χ1) is 16.9. The van der Waals surface area contributed by atoms with Crippen LogP contribution >= 0.6 is 11.3 Å². The van der Waals surface area contributed by atoms with E-state index in [4.69, 9.17) is 4.74 Å². The van der Waals surface area contributed by atoms with Crippen LogP contribution in [-0.2, 0) is 16.1 Å². The van der Waals surface area contributed by atoms with Crippen molar-refractivity contribution in [2.24, 2.45) is 0 Å². The smallest absolute Gasteiger partial charge is 0.411 e. The SMILES string of the molecule is CCN(CC)C(=O)C1C(c2ccc(NC(=O)c3cccs3)cc2)OC(=O)N1Cc1ccc(F)cc1. The van der Waals surface area contributed by atoms with Crippen LogP contribution in [0.5, 0.6) is 0 Å². The van der Waals surface area contributed by atoms with E-state index in [-0.39, 0.29) is 24.2 Å². The van der Waals surface area contributed by atoms with Crippen LogP contribution in [0.15, 0.2) is 66.0 Å². The molecule has 7 nitrogen and oxygen atoms in total. The number of thiophene rings is 1. The summed E-state index contributed by atoms with van der Waals surface area (Å²) in [4.78, 5) is 42.3. The molecule has 1 N–H and O–H groups in total. The maximum Gasteiger partial charge on any atom is 0.411 e. The van der Waals surface area contributed by atoms with Crippen molar-refractivity contribution in [3.8, 4) is 0 Å². The zero-order valence-electron chi connectivity index (χ0n) is 19.4. The van der Waals surface area contributed by atoms with Gasteiger partial charge in [0.25, 0.3) is 5.91 Å². The van der Waals surface area contributed by atoms with Gasteiger partial charge >= 0.3 is 6.09 Å². The van der Waals surface area contributed by atoms with Gasteiger partial charge in [-0.3, -0.25) is 14.5 Å². The van der Waals surface area contributed by atoms with E-state index in [1.807, 2.05) is 25.3 Å². The molecule has 2 heterocycles. The minimum absolute atomic E-state index is 0.113. The molecule has 9 heteroatoms. The number of cyclic esters (lactones) is 1. The Morgan fingerprint density at radius 3 is 2.34 bits per heavy atom. The molecule has 1 fully saturated rings. The quantitative estimate of drug-likeness (QED) is 0.473. The van der Waals surface area contributed by atoms with E-state index in [1.54, 1.807) is 47.4 Å². The molecule has 1 aliphatic rings. The standard InChI is InChI=1S/C26H26FN3O4S/c1-3-29(4-2)25(32)22-23(34-26(33)30(22)16-17-7-11-19(27)12-8-17)18-9-13-20(14-10-18)28-24(31)21-6-5-15-35-21/h5-15,22-23H,3-4,16H2,1-2H3,(H,28,31). The Labute approximate surface area is 207 Å². The van der Waals surface area contributed by atoms with Crippen molar-refractivity contribution >= 4 is 34.9 Å². The monoisotopic (exact) mass is 495 g/mol. The number of amides is 3. The number of likely N-dealkylation sites (N-methyl/N-ethyl adjacent to an activating group) is 1. The van der Waals surface area contributed by atoms with Gasteiger partial charge in [0.15, 0.2) is 12.1 Å². The molecule has 4 rings (SSSR count). The summed E-state index contributed by atoms with van der Waals surface area (Å²) >= 11 is 1.35. The second-order valence-corrected chi connectivity index (χ2v) is 9.02. The number of nitrogens with one attached hydrogen (secondary N) is 1. The molecule has 0 saturated carbocycles. The number of halogens is 1. The lowest BCUT2D eigenvalue weighted by molar-refractivity contribution is -0.136. The number of rotatable bonds is 8. The van der Waals surface area contributed by atoms with E-state index in [2.05, 4.69) is 5.32 Å². The number of carbonyl (C=O) groups excluding carboxylic acids is 3. The van der Waals surface area contributed by atoms with Gasteiger partial charge in [0.05, 0.1) is 11.4 Å². The molecule has 35 heavy (non-hydrogen) atoms. The highest BCUT2D eigenvalue weighted by Gasteiger charge is 2.48. The van der Waals surface area contributed by atoms with Gasteiger partial charge < -0.3 is 15.0 Å². The summed E-state index contributed by atoms with van der Waals surface area (Å²) in [6, 6.07) is 15.4. The number of carbonyl (C=O) groups is 3. The van der Waals surface area contributed by atoms with Gasteiger partial charge in [0.2, 0.25) is 5.91 Å². The molecule has 1 saturated heterocycles. The lowest BCUT2D eigenvalue weighted by atomic mass is 9.99. The summed E-state index contributed by atoms with van der Waals surface area (Å²) in [5.41, 5.74) is 1.92. The molecule has 3 aromatic rings. The predicted octanol–water partition coefficient (Wildman–Crippen LogP) is 5.07. The van der Waals surface area contributed by atoms with E-state index in [1.165, 1.54) is 28.4 Å². The minimum Gasteiger partial charge on any atom is -0.438 e. The molecule has 1 aliphatic heterocycles. The van der Waals surface area contributed by atoms with E-state index < -0.39 is 18.2 Å². The lowest BCUT2D eigenvalue weighted by Gasteiger charge is -2.29. The highest BCUT2D eigenvalue weighted by Crippen LogP contribution is 2.35. The van der Waals surface area contributed by atoms with Crippen LogP contribution < -0.4 is 5.32 Å². The van der Waals surface area contributed by atoms with Gasteiger partial charge in [0, 0.05) is 18.8 Å². The number of ether oxygens (including phenoxy) is 1. The maximum absolute atomic E-state index is 13.5. The Hall–Kier alpha value is -3.72. The van der Waals surface area contributed by atoms with Crippen LogP contribution in [-0.4, -0.2) is 46.8 Å². The molecule has 0 spiro atoms. The molecular formula is C26H26FN3O4S. The van der Waals surface area contributed by atoms with Crippen LogP contribution in [0.2, 0.25) is 0 Å². The fourth-order valence-corrected chi connectivity index (χ4v) is 4.68.